The summed E-state index contributed by atoms with van der Waals surface area (Å²) in [6, 6.07) is 1.32. The zero-order valence-corrected chi connectivity index (χ0v) is 6.83. The second kappa shape index (κ2) is 3.92. The quantitative estimate of drug-likeness (QED) is 0.682. The number of aromatic nitrogens is 1. The maximum Gasteiger partial charge on any atom is 0.223 e. The molecule has 0 radical (unpaired) electrons. The molecule has 66 valence electrons. The maximum atomic E-state index is 11.1. The zero-order valence-electron chi connectivity index (χ0n) is 6.83. The molecule has 0 saturated heterocycles. The lowest BCUT2D eigenvalue weighted by Crippen LogP contribution is -2.09. The molecule has 0 fully saturated rings. The van der Waals surface area contributed by atoms with E-state index in [2.05, 4.69) is 4.98 Å². The molecule has 0 aliphatic heterocycles. The van der Waals surface area contributed by atoms with Crippen molar-refractivity contribution in [2.45, 2.75) is 13.5 Å². The molecule has 1 heterocycles. The molecule has 12 heavy (non-hydrogen) atoms. The van der Waals surface area contributed by atoms with Gasteiger partial charge in [-0.2, -0.15) is 0 Å². The first kappa shape index (κ1) is 8.80. The zero-order chi connectivity index (χ0) is 8.97. The summed E-state index contributed by atoms with van der Waals surface area (Å²) in [5.74, 6) is 0.287. The monoisotopic (exact) mass is 169 g/mol. The van der Waals surface area contributed by atoms with Gasteiger partial charge in [0.2, 0.25) is 5.43 Å². The Labute approximate surface area is 69.8 Å². The minimum Gasteiger partial charge on any atom is -0.488 e. The highest BCUT2D eigenvalue weighted by atomic mass is 16.5. The summed E-state index contributed by atoms with van der Waals surface area (Å²) >= 11 is 0. The SMILES string of the molecule is CCOc1c[nH]c(CO)cc1=O. The van der Waals surface area contributed by atoms with Gasteiger partial charge < -0.3 is 14.8 Å². The van der Waals surface area contributed by atoms with Crippen molar-refractivity contribution in [3.63, 3.8) is 0 Å². The van der Waals surface area contributed by atoms with Gasteiger partial charge in [-0.15, -0.1) is 0 Å². The number of nitrogens with one attached hydrogen (secondary N) is 1. The maximum absolute atomic E-state index is 11.1. The van der Waals surface area contributed by atoms with E-state index in [0.29, 0.717) is 12.3 Å². The molecule has 0 unspecified atom stereocenters. The van der Waals surface area contributed by atoms with Gasteiger partial charge in [0.05, 0.1) is 13.2 Å². The first-order chi connectivity index (χ1) is 5.77. The van der Waals surface area contributed by atoms with Gasteiger partial charge in [-0.1, -0.05) is 0 Å². The van der Waals surface area contributed by atoms with Gasteiger partial charge in [-0.25, -0.2) is 0 Å². The minimum atomic E-state index is -0.209. The summed E-state index contributed by atoms with van der Waals surface area (Å²) in [6.07, 6.45) is 1.46. The topological polar surface area (TPSA) is 62.3 Å². The number of hydrogen-bond donors (Lipinski definition) is 2. The average Bonchev–Trinajstić information content (AvgIpc) is 2.09. The number of ether oxygens (including phenoxy) is 1. The third-order valence-electron chi connectivity index (χ3n) is 1.41. The summed E-state index contributed by atoms with van der Waals surface area (Å²) in [6.45, 7) is 2.10. The van der Waals surface area contributed by atoms with Gasteiger partial charge in [0, 0.05) is 18.0 Å². The Morgan fingerprint density at radius 3 is 2.92 bits per heavy atom. The standard InChI is InChI=1S/C8H11NO3/c1-2-12-8-4-9-6(5-10)3-7(8)11/h3-4,10H,2,5H2,1H3,(H,9,11). The fourth-order valence-electron chi connectivity index (χ4n) is 0.860. The molecule has 0 aliphatic carbocycles. The van der Waals surface area contributed by atoms with Crippen LogP contribution in [0.2, 0.25) is 0 Å². The first-order valence-electron chi connectivity index (χ1n) is 3.73. The van der Waals surface area contributed by atoms with Crippen LogP contribution >= 0.6 is 0 Å². The number of aliphatic hydroxyl groups excluding tert-OH is 1. The summed E-state index contributed by atoms with van der Waals surface area (Å²) < 4.78 is 5.01. The minimum absolute atomic E-state index is 0.165. The Balaban J connectivity index is 2.96. The predicted molar refractivity (Wildman–Crippen MR) is 44.2 cm³/mol. The number of H-pyrrole nitrogens is 1. The highest BCUT2D eigenvalue weighted by molar-refractivity contribution is 5.19. The average molecular weight is 169 g/mol. The van der Waals surface area contributed by atoms with E-state index in [0.717, 1.165) is 0 Å². The summed E-state index contributed by atoms with van der Waals surface area (Å²) in [4.78, 5) is 13.9. The molecule has 0 aromatic carbocycles. The predicted octanol–water partition coefficient (Wildman–Crippen LogP) is 0.266. The fourth-order valence-corrected chi connectivity index (χ4v) is 0.860. The van der Waals surface area contributed by atoms with Crippen LogP contribution in [0.3, 0.4) is 0 Å². The van der Waals surface area contributed by atoms with Crippen molar-refractivity contribution in [3.05, 3.63) is 28.2 Å². The third-order valence-corrected chi connectivity index (χ3v) is 1.41. The summed E-state index contributed by atoms with van der Waals surface area (Å²) in [5, 5.41) is 8.67. The Morgan fingerprint density at radius 1 is 1.67 bits per heavy atom. The molecule has 0 spiro atoms. The van der Waals surface area contributed by atoms with E-state index in [9.17, 15) is 4.79 Å². The molecule has 4 nitrogen and oxygen atoms in total. The molecule has 1 aromatic rings. The lowest BCUT2D eigenvalue weighted by atomic mass is 10.3. The first-order valence-corrected chi connectivity index (χ1v) is 3.73. The van der Waals surface area contributed by atoms with Crippen molar-refractivity contribution < 1.29 is 9.84 Å². The highest BCUT2D eigenvalue weighted by Gasteiger charge is 1.99. The Bertz CT molecular complexity index is 305. The van der Waals surface area contributed by atoms with Crippen molar-refractivity contribution in [2.75, 3.05) is 6.61 Å². The van der Waals surface area contributed by atoms with Gasteiger partial charge in [0.25, 0.3) is 0 Å². The van der Waals surface area contributed by atoms with E-state index in [1.165, 1.54) is 12.3 Å². The van der Waals surface area contributed by atoms with Gasteiger partial charge in [-0.05, 0) is 6.92 Å². The van der Waals surface area contributed by atoms with Crippen LogP contribution in [0, 0.1) is 0 Å². The molecule has 0 bridgehead atoms. The summed E-state index contributed by atoms with van der Waals surface area (Å²) in [5.41, 5.74) is 0.281. The van der Waals surface area contributed by atoms with Crippen molar-refractivity contribution in [3.8, 4) is 5.75 Å². The highest BCUT2D eigenvalue weighted by Crippen LogP contribution is 2.01. The van der Waals surface area contributed by atoms with Crippen LogP contribution in [0.25, 0.3) is 0 Å². The lowest BCUT2D eigenvalue weighted by molar-refractivity contribution is 0.275. The van der Waals surface area contributed by atoms with Crippen molar-refractivity contribution in [1.29, 1.82) is 0 Å². The normalized spacial score (nSPS) is 9.83. The largest absolute Gasteiger partial charge is 0.488 e. The van der Waals surface area contributed by atoms with Crippen LogP contribution in [0.4, 0.5) is 0 Å². The van der Waals surface area contributed by atoms with Crippen molar-refractivity contribution in [1.82, 2.24) is 4.98 Å². The molecule has 0 atom stereocenters. The fraction of sp³-hybridized carbons (Fsp3) is 0.375. The van der Waals surface area contributed by atoms with Gasteiger partial charge in [0.15, 0.2) is 5.75 Å². The van der Waals surface area contributed by atoms with Crippen LogP contribution in [-0.2, 0) is 6.61 Å². The van der Waals surface area contributed by atoms with Gasteiger partial charge in [0.1, 0.15) is 0 Å². The van der Waals surface area contributed by atoms with E-state index in [1.807, 2.05) is 0 Å². The molecule has 0 saturated carbocycles. The molecule has 2 N–H and O–H groups in total. The van der Waals surface area contributed by atoms with Crippen LogP contribution in [-0.4, -0.2) is 16.7 Å². The Hall–Kier alpha value is -1.29. The number of rotatable bonds is 3. The molecule has 4 heteroatoms. The second-order valence-corrected chi connectivity index (χ2v) is 2.28. The van der Waals surface area contributed by atoms with E-state index in [1.54, 1.807) is 6.92 Å². The molecule has 1 rings (SSSR count). The van der Waals surface area contributed by atoms with Gasteiger partial charge >= 0.3 is 0 Å². The lowest BCUT2D eigenvalue weighted by Gasteiger charge is -2.01. The molecule has 0 amide bonds. The van der Waals surface area contributed by atoms with Crippen molar-refractivity contribution >= 4 is 0 Å². The van der Waals surface area contributed by atoms with Gasteiger partial charge in [-0.3, -0.25) is 4.79 Å². The Kier molecular flexibility index (Phi) is 2.88. The van der Waals surface area contributed by atoms with Crippen LogP contribution in [0.5, 0.6) is 5.75 Å². The van der Waals surface area contributed by atoms with E-state index < -0.39 is 0 Å². The molecule has 1 aromatic heterocycles. The number of aromatic amines is 1. The molecular formula is C8H11NO3. The smallest absolute Gasteiger partial charge is 0.223 e. The molecule has 0 aliphatic rings. The van der Waals surface area contributed by atoms with Crippen LogP contribution < -0.4 is 10.2 Å². The van der Waals surface area contributed by atoms with Crippen molar-refractivity contribution in [2.24, 2.45) is 0 Å². The third kappa shape index (κ3) is 1.85. The van der Waals surface area contributed by atoms with E-state index >= 15 is 0 Å². The van der Waals surface area contributed by atoms with E-state index in [4.69, 9.17) is 9.84 Å². The van der Waals surface area contributed by atoms with E-state index in [-0.39, 0.29) is 17.8 Å². The molecular weight excluding hydrogens is 158 g/mol. The second-order valence-electron chi connectivity index (χ2n) is 2.28. The van der Waals surface area contributed by atoms with Crippen LogP contribution in [0.15, 0.2) is 17.1 Å². The number of aliphatic hydroxyl groups is 1. The number of hydrogen-bond acceptors (Lipinski definition) is 3. The Morgan fingerprint density at radius 2 is 2.42 bits per heavy atom. The summed E-state index contributed by atoms with van der Waals surface area (Å²) in [7, 11) is 0. The number of pyridine rings is 1. The van der Waals surface area contributed by atoms with Crippen LogP contribution in [0.1, 0.15) is 12.6 Å².